The van der Waals surface area contributed by atoms with Gasteiger partial charge in [-0.05, 0) is 39.8 Å². The van der Waals surface area contributed by atoms with Crippen LogP contribution in [0.15, 0.2) is 11.6 Å². The third kappa shape index (κ3) is 4.06. The first-order valence-electron chi connectivity index (χ1n) is 7.27. The topological polar surface area (TPSA) is 66.5 Å². The Morgan fingerprint density at radius 3 is 2.40 bits per heavy atom. The molecule has 6 heteroatoms. The van der Waals surface area contributed by atoms with E-state index in [0.29, 0.717) is 0 Å². The third-order valence-electron chi connectivity index (χ3n) is 3.93. The minimum Gasteiger partial charge on any atom is -0.347 e. The van der Waals surface area contributed by atoms with Crippen LogP contribution in [0.2, 0.25) is 0 Å². The van der Waals surface area contributed by atoms with Crippen molar-refractivity contribution in [2.45, 2.75) is 45.2 Å². The van der Waals surface area contributed by atoms with E-state index in [1.54, 1.807) is 0 Å². The van der Waals surface area contributed by atoms with Crippen LogP contribution >= 0.6 is 0 Å². The number of sulfone groups is 1. The summed E-state index contributed by atoms with van der Waals surface area (Å²) in [5.41, 5.74) is 0.915. The molecule has 1 N–H and O–H groups in total. The van der Waals surface area contributed by atoms with Gasteiger partial charge in [0, 0.05) is 12.1 Å². The lowest BCUT2D eigenvalue weighted by Crippen LogP contribution is -2.52. The first-order valence-corrected chi connectivity index (χ1v) is 9.09. The number of carbonyl (C=O) groups excluding carboxylic acids is 1. The minimum atomic E-state index is -3.05. The number of nitrogens with zero attached hydrogens (tertiary/aromatic N) is 1. The zero-order chi connectivity index (χ0) is 14.8. The van der Waals surface area contributed by atoms with Gasteiger partial charge in [-0.2, -0.15) is 0 Å². The van der Waals surface area contributed by atoms with Gasteiger partial charge in [0.15, 0.2) is 9.84 Å². The standard InChI is InChI=1S/C14H24N2O3S/c1-11(2)8-14(17)15-12-9-20(18,19)10-13(12)16-6-4-3-5-7-16/h8,12-13H,3-7,9-10H2,1-2H3,(H,15,17)/t12-,13-/m0/s1. The van der Waals surface area contributed by atoms with E-state index in [0.717, 1.165) is 31.5 Å². The number of allylic oxidation sites excluding steroid dienone is 1. The molecule has 0 bridgehead atoms. The van der Waals surface area contributed by atoms with E-state index in [-0.39, 0.29) is 29.5 Å². The van der Waals surface area contributed by atoms with E-state index in [9.17, 15) is 13.2 Å². The van der Waals surface area contributed by atoms with Gasteiger partial charge in [0.2, 0.25) is 5.91 Å². The Labute approximate surface area is 121 Å². The molecule has 0 spiro atoms. The summed E-state index contributed by atoms with van der Waals surface area (Å²) in [6.07, 6.45) is 4.97. The molecule has 2 aliphatic heterocycles. The van der Waals surface area contributed by atoms with Gasteiger partial charge in [0.05, 0.1) is 17.5 Å². The summed E-state index contributed by atoms with van der Waals surface area (Å²) in [5, 5.41) is 2.88. The van der Waals surface area contributed by atoms with E-state index in [1.807, 2.05) is 13.8 Å². The zero-order valence-electron chi connectivity index (χ0n) is 12.3. The summed E-state index contributed by atoms with van der Waals surface area (Å²) in [6.45, 7) is 5.59. The van der Waals surface area contributed by atoms with Crippen LogP contribution in [-0.4, -0.2) is 55.9 Å². The smallest absolute Gasteiger partial charge is 0.244 e. The maximum atomic E-state index is 11.9. The highest BCUT2D eigenvalue weighted by molar-refractivity contribution is 7.91. The van der Waals surface area contributed by atoms with Gasteiger partial charge in [-0.25, -0.2) is 8.42 Å². The van der Waals surface area contributed by atoms with Crippen LogP contribution < -0.4 is 5.32 Å². The van der Waals surface area contributed by atoms with Gasteiger partial charge in [-0.15, -0.1) is 0 Å². The van der Waals surface area contributed by atoms with Crippen LogP contribution in [0.1, 0.15) is 33.1 Å². The van der Waals surface area contributed by atoms with E-state index < -0.39 is 9.84 Å². The quantitative estimate of drug-likeness (QED) is 0.780. The fourth-order valence-electron chi connectivity index (χ4n) is 3.06. The predicted octanol–water partition coefficient (Wildman–Crippen LogP) is 0.720. The van der Waals surface area contributed by atoms with Crippen molar-refractivity contribution in [1.29, 1.82) is 0 Å². The molecule has 0 radical (unpaired) electrons. The van der Waals surface area contributed by atoms with Crippen LogP contribution in [0.4, 0.5) is 0 Å². The Hall–Kier alpha value is -0.880. The highest BCUT2D eigenvalue weighted by Crippen LogP contribution is 2.22. The maximum absolute atomic E-state index is 11.9. The molecule has 2 heterocycles. The maximum Gasteiger partial charge on any atom is 0.244 e. The average Bonchev–Trinajstić information content (AvgIpc) is 2.64. The molecule has 0 aromatic heterocycles. The van der Waals surface area contributed by atoms with Crippen molar-refractivity contribution >= 4 is 15.7 Å². The fraction of sp³-hybridized carbons (Fsp3) is 0.786. The van der Waals surface area contributed by atoms with Crippen molar-refractivity contribution in [2.75, 3.05) is 24.6 Å². The molecule has 0 aromatic rings. The number of likely N-dealkylation sites (tertiary alicyclic amines) is 1. The molecule has 0 saturated carbocycles. The van der Waals surface area contributed by atoms with Crippen LogP contribution in [-0.2, 0) is 14.6 Å². The largest absolute Gasteiger partial charge is 0.347 e. The Morgan fingerprint density at radius 2 is 1.80 bits per heavy atom. The van der Waals surface area contributed by atoms with Gasteiger partial charge in [-0.3, -0.25) is 9.69 Å². The summed E-state index contributed by atoms with van der Waals surface area (Å²) < 4.78 is 23.8. The van der Waals surface area contributed by atoms with Gasteiger partial charge >= 0.3 is 0 Å². The molecule has 114 valence electrons. The lowest BCUT2D eigenvalue weighted by Gasteiger charge is -2.34. The number of nitrogens with one attached hydrogen (secondary N) is 1. The highest BCUT2D eigenvalue weighted by atomic mass is 32.2. The molecule has 1 amide bonds. The van der Waals surface area contributed by atoms with Crippen molar-refractivity contribution in [3.05, 3.63) is 11.6 Å². The number of rotatable bonds is 3. The zero-order valence-corrected chi connectivity index (χ0v) is 13.1. The monoisotopic (exact) mass is 300 g/mol. The van der Waals surface area contributed by atoms with Crippen LogP contribution in [0.5, 0.6) is 0 Å². The Kier molecular flexibility index (Phi) is 4.86. The van der Waals surface area contributed by atoms with Gasteiger partial charge in [0.25, 0.3) is 0 Å². The Bertz CT molecular complexity index is 489. The lowest BCUT2D eigenvalue weighted by atomic mass is 10.0. The van der Waals surface area contributed by atoms with Crippen LogP contribution in [0.3, 0.4) is 0 Å². The molecule has 0 aromatic carbocycles. The van der Waals surface area contributed by atoms with Crippen LogP contribution in [0.25, 0.3) is 0 Å². The number of hydrogen-bond acceptors (Lipinski definition) is 4. The van der Waals surface area contributed by atoms with Crippen molar-refractivity contribution < 1.29 is 13.2 Å². The fourth-order valence-corrected chi connectivity index (χ4v) is 5.02. The first kappa shape index (κ1) is 15.5. The molecule has 2 aliphatic rings. The van der Waals surface area contributed by atoms with Gasteiger partial charge in [0.1, 0.15) is 0 Å². The molecular formula is C14H24N2O3S. The number of carbonyl (C=O) groups is 1. The van der Waals surface area contributed by atoms with Crippen LogP contribution in [0, 0.1) is 0 Å². The molecule has 0 unspecified atom stereocenters. The first-order chi connectivity index (χ1) is 9.37. The third-order valence-corrected chi connectivity index (χ3v) is 5.65. The second-order valence-electron chi connectivity index (χ2n) is 6.08. The van der Waals surface area contributed by atoms with Crippen molar-refractivity contribution in [1.82, 2.24) is 10.2 Å². The number of amides is 1. The van der Waals surface area contributed by atoms with Gasteiger partial charge < -0.3 is 5.32 Å². The number of hydrogen-bond donors (Lipinski definition) is 1. The van der Waals surface area contributed by atoms with E-state index >= 15 is 0 Å². The summed E-state index contributed by atoms with van der Waals surface area (Å²) in [4.78, 5) is 14.1. The lowest BCUT2D eigenvalue weighted by molar-refractivity contribution is -0.117. The second-order valence-corrected chi connectivity index (χ2v) is 8.23. The molecule has 5 nitrogen and oxygen atoms in total. The van der Waals surface area contributed by atoms with E-state index in [2.05, 4.69) is 10.2 Å². The van der Waals surface area contributed by atoms with Gasteiger partial charge in [-0.1, -0.05) is 12.0 Å². The summed E-state index contributed by atoms with van der Waals surface area (Å²) in [5.74, 6) is 0.0534. The van der Waals surface area contributed by atoms with Crippen molar-refractivity contribution in [2.24, 2.45) is 0 Å². The molecule has 2 fully saturated rings. The Morgan fingerprint density at radius 1 is 1.15 bits per heavy atom. The number of piperidine rings is 1. The van der Waals surface area contributed by atoms with E-state index in [4.69, 9.17) is 0 Å². The molecule has 0 aliphatic carbocycles. The average molecular weight is 300 g/mol. The molecule has 2 atom stereocenters. The highest BCUT2D eigenvalue weighted by Gasteiger charge is 2.41. The summed E-state index contributed by atoms with van der Waals surface area (Å²) in [7, 11) is -3.05. The normalized spacial score (nSPS) is 29.9. The second kappa shape index (κ2) is 6.26. The molecule has 2 saturated heterocycles. The van der Waals surface area contributed by atoms with E-state index in [1.165, 1.54) is 12.5 Å². The Balaban J connectivity index is 2.07. The molecular weight excluding hydrogens is 276 g/mol. The molecule has 2 rings (SSSR count). The predicted molar refractivity (Wildman–Crippen MR) is 79.2 cm³/mol. The SMILES string of the molecule is CC(C)=CC(=O)N[C@H]1CS(=O)(=O)C[C@@H]1N1CCCCC1. The summed E-state index contributed by atoms with van der Waals surface area (Å²) >= 11 is 0. The molecule has 20 heavy (non-hydrogen) atoms. The van der Waals surface area contributed by atoms with Crippen molar-refractivity contribution in [3.8, 4) is 0 Å². The minimum absolute atomic E-state index is 0.0604. The van der Waals surface area contributed by atoms with Crippen molar-refractivity contribution in [3.63, 3.8) is 0 Å². The summed E-state index contributed by atoms with van der Waals surface area (Å²) in [6, 6.07) is -0.337.